The first-order chi connectivity index (χ1) is 9.49. The average molecular weight is 362 g/mol. The third-order valence-electron chi connectivity index (χ3n) is 3.63. The summed E-state index contributed by atoms with van der Waals surface area (Å²) in [6, 6.07) is 7.05. The standard InChI is InChI=1S/C16H26BrClN2/c1-5-19-16(9-10-20(6-2)12(3)4)14-8-7-13(17)11-15(14)18/h7-8,11-12,16,19H,5-6,9-10H2,1-4H3. The summed E-state index contributed by atoms with van der Waals surface area (Å²) in [6.07, 6.45) is 1.07. The molecule has 0 amide bonds. The predicted octanol–water partition coefficient (Wildman–Crippen LogP) is 4.87. The first-order valence-corrected chi connectivity index (χ1v) is 8.59. The molecule has 1 aromatic carbocycles. The SMILES string of the molecule is CCNC(CCN(CC)C(C)C)c1ccc(Br)cc1Cl. The summed E-state index contributed by atoms with van der Waals surface area (Å²) >= 11 is 9.85. The number of hydrogen-bond donors (Lipinski definition) is 1. The molecule has 0 aliphatic rings. The summed E-state index contributed by atoms with van der Waals surface area (Å²) in [4.78, 5) is 2.48. The van der Waals surface area contributed by atoms with Gasteiger partial charge in [0.15, 0.2) is 0 Å². The minimum atomic E-state index is 0.313. The normalized spacial score (nSPS) is 13.2. The molecular weight excluding hydrogens is 336 g/mol. The molecule has 1 aromatic rings. The van der Waals surface area contributed by atoms with Crippen LogP contribution in [0.1, 0.15) is 45.7 Å². The van der Waals surface area contributed by atoms with Crippen LogP contribution in [0.2, 0.25) is 5.02 Å². The second-order valence-corrected chi connectivity index (χ2v) is 6.61. The lowest BCUT2D eigenvalue weighted by Gasteiger charge is -2.28. The van der Waals surface area contributed by atoms with Crippen molar-refractivity contribution in [3.63, 3.8) is 0 Å². The molecule has 0 aliphatic heterocycles. The monoisotopic (exact) mass is 360 g/mol. The van der Waals surface area contributed by atoms with Crippen LogP contribution in [0.4, 0.5) is 0 Å². The van der Waals surface area contributed by atoms with Crippen LogP contribution < -0.4 is 5.32 Å². The van der Waals surface area contributed by atoms with Gasteiger partial charge >= 0.3 is 0 Å². The van der Waals surface area contributed by atoms with Crippen molar-refractivity contribution < 1.29 is 0 Å². The number of hydrogen-bond acceptors (Lipinski definition) is 2. The highest BCUT2D eigenvalue weighted by Crippen LogP contribution is 2.28. The number of nitrogens with one attached hydrogen (secondary N) is 1. The van der Waals surface area contributed by atoms with Crippen LogP contribution >= 0.6 is 27.5 Å². The highest BCUT2D eigenvalue weighted by atomic mass is 79.9. The smallest absolute Gasteiger partial charge is 0.0465 e. The van der Waals surface area contributed by atoms with Gasteiger partial charge in [-0.1, -0.05) is 47.4 Å². The Bertz CT molecular complexity index is 409. The first-order valence-electron chi connectivity index (χ1n) is 7.41. The molecule has 1 rings (SSSR count). The van der Waals surface area contributed by atoms with Gasteiger partial charge in [0.05, 0.1) is 0 Å². The van der Waals surface area contributed by atoms with Crippen molar-refractivity contribution in [1.82, 2.24) is 10.2 Å². The van der Waals surface area contributed by atoms with Crippen LogP contribution in [0.25, 0.3) is 0 Å². The van der Waals surface area contributed by atoms with Gasteiger partial charge in [-0.05, 0) is 51.1 Å². The van der Waals surface area contributed by atoms with Gasteiger partial charge in [0.1, 0.15) is 0 Å². The fourth-order valence-electron chi connectivity index (χ4n) is 2.47. The molecule has 0 aliphatic carbocycles. The summed E-state index contributed by atoms with van der Waals surface area (Å²) in [6.45, 7) is 12.0. The van der Waals surface area contributed by atoms with Crippen molar-refractivity contribution in [2.24, 2.45) is 0 Å². The van der Waals surface area contributed by atoms with Gasteiger partial charge in [-0.15, -0.1) is 0 Å². The molecule has 0 heterocycles. The van der Waals surface area contributed by atoms with Crippen molar-refractivity contribution in [3.8, 4) is 0 Å². The molecule has 1 atom stereocenters. The Morgan fingerprint density at radius 2 is 2.00 bits per heavy atom. The maximum absolute atomic E-state index is 6.39. The molecular formula is C16H26BrClN2. The molecule has 4 heteroatoms. The lowest BCUT2D eigenvalue weighted by atomic mass is 10.0. The topological polar surface area (TPSA) is 15.3 Å². The van der Waals surface area contributed by atoms with E-state index < -0.39 is 0 Å². The minimum Gasteiger partial charge on any atom is -0.310 e. The minimum absolute atomic E-state index is 0.313. The third kappa shape index (κ3) is 5.36. The van der Waals surface area contributed by atoms with E-state index in [0.29, 0.717) is 12.1 Å². The molecule has 0 fully saturated rings. The number of nitrogens with zero attached hydrogens (tertiary/aromatic N) is 1. The van der Waals surface area contributed by atoms with Crippen LogP contribution in [-0.2, 0) is 0 Å². The van der Waals surface area contributed by atoms with Gasteiger partial charge in [-0.3, -0.25) is 0 Å². The Labute approximate surface area is 137 Å². The van der Waals surface area contributed by atoms with Gasteiger partial charge in [-0.2, -0.15) is 0 Å². The summed E-state index contributed by atoms with van der Waals surface area (Å²) in [5, 5.41) is 4.38. The van der Waals surface area contributed by atoms with Gasteiger partial charge in [0, 0.05) is 28.1 Å². The number of benzene rings is 1. The largest absolute Gasteiger partial charge is 0.310 e. The number of halogens is 2. The molecule has 0 bridgehead atoms. The Balaban J connectivity index is 2.78. The summed E-state index contributed by atoms with van der Waals surface area (Å²) in [5.74, 6) is 0. The zero-order chi connectivity index (χ0) is 15.1. The van der Waals surface area contributed by atoms with Crippen molar-refractivity contribution in [2.45, 2.75) is 46.2 Å². The van der Waals surface area contributed by atoms with E-state index >= 15 is 0 Å². The molecule has 114 valence electrons. The summed E-state index contributed by atoms with van der Waals surface area (Å²) in [7, 11) is 0. The first kappa shape index (κ1) is 18.0. The highest BCUT2D eigenvalue weighted by Gasteiger charge is 2.16. The number of rotatable bonds is 8. The van der Waals surface area contributed by atoms with Crippen LogP contribution in [0.5, 0.6) is 0 Å². The molecule has 0 radical (unpaired) electrons. The lowest BCUT2D eigenvalue weighted by Crippen LogP contribution is -2.34. The second-order valence-electron chi connectivity index (χ2n) is 5.29. The Hall–Kier alpha value is -0.0900. The summed E-state index contributed by atoms with van der Waals surface area (Å²) in [5.41, 5.74) is 1.19. The van der Waals surface area contributed by atoms with E-state index in [2.05, 4.69) is 66.0 Å². The van der Waals surface area contributed by atoms with Crippen LogP contribution in [0.15, 0.2) is 22.7 Å². The van der Waals surface area contributed by atoms with Gasteiger partial charge in [0.25, 0.3) is 0 Å². The van der Waals surface area contributed by atoms with E-state index in [1.54, 1.807) is 0 Å². The fraction of sp³-hybridized carbons (Fsp3) is 0.625. The lowest BCUT2D eigenvalue weighted by molar-refractivity contribution is 0.220. The molecule has 0 spiro atoms. The van der Waals surface area contributed by atoms with Crippen molar-refractivity contribution in [1.29, 1.82) is 0 Å². The van der Waals surface area contributed by atoms with Crippen LogP contribution in [0.3, 0.4) is 0 Å². The average Bonchev–Trinajstić information content (AvgIpc) is 2.38. The Morgan fingerprint density at radius 3 is 2.50 bits per heavy atom. The Morgan fingerprint density at radius 1 is 1.30 bits per heavy atom. The fourth-order valence-corrected chi connectivity index (χ4v) is 3.28. The highest BCUT2D eigenvalue weighted by molar-refractivity contribution is 9.10. The molecule has 1 unspecified atom stereocenters. The van der Waals surface area contributed by atoms with Crippen molar-refractivity contribution >= 4 is 27.5 Å². The van der Waals surface area contributed by atoms with E-state index in [-0.39, 0.29) is 0 Å². The van der Waals surface area contributed by atoms with E-state index in [4.69, 9.17) is 11.6 Å². The molecule has 1 N–H and O–H groups in total. The molecule has 0 saturated carbocycles. The van der Waals surface area contributed by atoms with Crippen LogP contribution in [0, 0.1) is 0 Å². The van der Waals surface area contributed by atoms with Crippen LogP contribution in [-0.4, -0.2) is 30.6 Å². The van der Waals surface area contributed by atoms with Crippen molar-refractivity contribution in [2.75, 3.05) is 19.6 Å². The van der Waals surface area contributed by atoms with E-state index in [1.165, 1.54) is 5.56 Å². The van der Waals surface area contributed by atoms with Gasteiger partial charge in [0.2, 0.25) is 0 Å². The van der Waals surface area contributed by atoms with E-state index in [9.17, 15) is 0 Å². The van der Waals surface area contributed by atoms with E-state index in [0.717, 1.165) is 35.6 Å². The Kier molecular flexibility index (Phi) is 8.11. The molecule has 20 heavy (non-hydrogen) atoms. The second kappa shape index (κ2) is 9.04. The molecule has 0 saturated heterocycles. The van der Waals surface area contributed by atoms with Gasteiger partial charge < -0.3 is 10.2 Å². The maximum atomic E-state index is 6.39. The summed E-state index contributed by atoms with van der Waals surface area (Å²) < 4.78 is 1.03. The predicted molar refractivity (Wildman–Crippen MR) is 92.6 cm³/mol. The quantitative estimate of drug-likeness (QED) is 0.710. The van der Waals surface area contributed by atoms with E-state index in [1.807, 2.05) is 6.07 Å². The molecule has 2 nitrogen and oxygen atoms in total. The third-order valence-corrected chi connectivity index (χ3v) is 4.45. The zero-order valence-corrected chi connectivity index (χ0v) is 15.3. The molecule has 0 aromatic heterocycles. The van der Waals surface area contributed by atoms with Gasteiger partial charge in [-0.25, -0.2) is 0 Å². The zero-order valence-electron chi connectivity index (χ0n) is 12.9. The van der Waals surface area contributed by atoms with Crippen molar-refractivity contribution in [3.05, 3.63) is 33.3 Å². The maximum Gasteiger partial charge on any atom is 0.0465 e.